The molecular weight excluding hydrogens is 572 g/mol. The maximum Gasteiger partial charge on any atom is 0.494 e. The lowest BCUT2D eigenvalue weighted by Gasteiger charge is -2.32. The summed E-state index contributed by atoms with van der Waals surface area (Å²) < 4.78 is 29.4. The predicted molar refractivity (Wildman–Crippen MR) is 191 cm³/mol. The van der Waals surface area contributed by atoms with Crippen LogP contribution in [-0.4, -0.2) is 26.4 Å². The molecule has 0 aromatic heterocycles. The van der Waals surface area contributed by atoms with Crippen LogP contribution in [0.2, 0.25) is 19.6 Å². The molecule has 0 unspecified atom stereocenters. The second-order valence-corrected chi connectivity index (χ2v) is 19.0. The Hall–Kier alpha value is -3.97. The Morgan fingerprint density at radius 3 is 1.60 bits per heavy atom. The van der Waals surface area contributed by atoms with Crippen molar-refractivity contribution in [1.82, 2.24) is 0 Å². The van der Waals surface area contributed by atoms with Crippen molar-refractivity contribution in [1.29, 1.82) is 0 Å². The van der Waals surface area contributed by atoms with Gasteiger partial charge in [0.15, 0.2) is 0 Å². The zero-order chi connectivity index (χ0) is 32.0. The van der Waals surface area contributed by atoms with E-state index in [0.29, 0.717) is 5.69 Å². The molecule has 0 atom stereocenters. The van der Waals surface area contributed by atoms with Gasteiger partial charge in [-0.15, -0.1) is 0 Å². The van der Waals surface area contributed by atoms with Crippen LogP contribution in [-0.2, 0) is 9.31 Å². The summed E-state index contributed by atoms with van der Waals surface area (Å²) >= 11 is 0. The lowest BCUT2D eigenvalue weighted by molar-refractivity contribution is 0.00578. The van der Waals surface area contributed by atoms with Gasteiger partial charge in [-0.05, 0) is 86.2 Å². The number of hydrogen-bond donors (Lipinski definition) is 0. The molecule has 0 radical (unpaired) electrons. The molecule has 1 fully saturated rings. The van der Waals surface area contributed by atoms with E-state index in [-0.39, 0.29) is 5.82 Å². The highest BCUT2D eigenvalue weighted by Gasteiger charge is 2.51. The van der Waals surface area contributed by atoms with Crippen LogP contribution in [0.25, 0.3) is 22.3 Å². The van der Waals surface area contributed by atoms with Crippen LogP contribution in [0.15, 0.2) is 121 Å². The van der Waals surface area contributed by atoms with Gasteiger partial charge in [0.2, 0.25) is 0 Å². The fourth-order valence-corrected chi connectivity index (χ4v) is 6.91. The molecule has 0 aliphatic carbocycles. The average molecular weight is 614 g/mol. The highest BCUT2D eigenvalue weighted by Crippen LogP contribution is 2.44. The molecule has 0 saturated carbocycles. The quantitative estimate of drug-likeness (QED) is 0.171. The third-order valence-corrected chi connectivity index (χ3v) is 11.2. The summed E-state index contributed by atoms with van der Waals surface area (Å²) in [5.41, 5.74) is 5.87. The molecule has 1 heterocycles. The fraction of sp³-hybridized carbons (Fsp3) is 0.231. The van der Waals surface area contributed by atoms with E-state index in [1.54, 1.807) is 6.07 Å². The fourth-order valence-electron chi connectivity index (χ4n) is 5.74. The van der Waals surface area contributed by atoms with Crippen LogP contribution >= 0.6 is 0 Å². The average Bonchev–Trinajstić information content (AvgIpc) is 3.25. The molecule has 45 heavy (non-hydrogen) atoms. The Bertz CT molecular complexity index is 1770. The highest BCUT2D eigenvalue weighted by atomic mass is 28.3. The van der Waals surface area contributed by atoms with E-state index >= 15 is 4.39 Å². The summed E-state index contributed by atoms with van der Waals surface area (Å²) in [6.45, 7) is 15.2. The lowest BCUT2D eigenvalue weighted by Crippen LogP contribution is -2.41. The van der Waals surface area contributed by atoms with E-state index in [1.165, 1.54) is 5.19 Å². The van der Waals surface area contributed by atoms with E-state index in [1.807, 2.05) is 89.8 Å². The minimum absolute atomic E-state index is 0.292. The Labute approximate surface area is 268 Å². The van der Waals surface area contributed by atoms with Crippen molar-refractivity contribution in [3.05, 3.63) is 127 Å². The molecule has 6 heteroatoms. The van der Waals surface area contributed by atoms with Gasteiger partial charge in [0.25, 0.3) is 0 Å². The molecule has 1 aliphatic heterocycles. The van der Waals surface area contributed by atoms with Gasteiger partial charge in [0.05, 0.1) is 25.0 Å². The third kappa shape index (κ3) is 6.15. The molecule has 228 valence electrons. The second kappa shape index (κ2) is 11.8. The summed E-state index contributed by atoms with van der Waals surface area (Å²) in [6.07, 6.45) is 0. The molecule has 0 N–H and O–H groups in total. The van der Waals surface area contributed by atoms with Crippen LogP contribution < -0.4 is 15.5 Å². The summed E-state index contributed by atoms with van der Waals surface area (Å²) in [4.78, 5) is 2.04. The first-order valence-electron chi connectivity index (χ1n) is 15.6. The lowest BCUT2D eigenvalue weighted by atomic mass is 9.79. The van der Waals surface area contributed by atoms with Crippen molar-refractivity contribution in [3.8, 4) is 22.3 Å². The normalized spacial score (nSPS) is 15.7. The minimum Gasteiger partial charge on any atom is -0.399 e. The maximum absolute atomic E-state index is 16.8. The first kappa shape index (κ1) is 31.0. The summed E-state index contributed by atoms with van der Waals surface area (Å²) in [7, 11) is -2.01. The van der Waals surface area contributed by atoms with Gasteiger partial charge in [-0.3, -0.25) is 0 Å². The summed E-state index contributed by atoms with van der Waals surface area (Å²) in [5, 5.41) is 1.35. The molecular formula is C39H41BFNO2Si. The predicted octanol–water partition coefficient (Wildman–Crippen LogP) is 9.47. The number of anilines is 3. The third-order valence-electron chi connectivity index (χ3n) is 9.15. The van der Waals surface area contributed by atoms with Crippen molar-refractivity contribution in [2.75, 3.05) is 4.90 Å². The summed E-state index contributed by atoms with van der Waals surface area (Å²) in [5.74, 6) is -0.292. The zero-order valence-corrected chi connectivity index (χ0v) is 28.3. The van der Waals surface area contributed by atoms with E-state index in [4.69, 9.17) is 9.31 Å². The van der Waals surface area contributed by atoms with Crippen LogP contribution in [0.5, 0.6) is 0 Å². The zero-order valence-electron chi connectivity index (χ0n) is 27.3. The Balaban J connectivity index is 1.52. The van der Waals surface area contributed by atoms with Gasteiger partial charge in [-0.1, -0.05) is 110 Å². The van der Waals surface area contributed by atoms with Crippen LogP contribution in [0, 0.1) is 5.82 Å². The molecule has 1 aliphatic rings. The van der Waals surface area contributed by atoms with Gasteiger partial charge in [0.1, 0.15) is 5.82 Å². The summed E-state index contributed by atoms with van der Waals surface area (Å²) in [6, 6.07) is 40.6. The first-order valence-corrected chi connectivity index (χ1v) is 19.1. The molecule has 5 aromatic rings. The largest absolute Gasteiger partial charge is 0.494 e. The topological polar surface area (TPSA) is 21.7 Å². The van der Waals surface area contributed by atoms with Crippen LogP contribution in [0.1, 0.15) is 27.7 Å². The van der Waals surface area contributed by atoms with Gasteiger partial charge >= 0.3 is 7.12 Å². The van der Waals surface area contributed by atoms with Crippen molar-refractivity contribution in [2.45, 2.75) is 58.5 Å². The molecule has 5 aromatic carbocycles. The van der Waals surface area contributed by atoms with E-state index in [2.05, 4.69) is 77.7 Å². The standard InChI is InChI=1S/C39H41BFNO2Si/c1-38(2)39(3,4)44-40(43-38)31-18-20-32(21-19-31)42(33-22-24-34(25-23-33)45(5,6)7)37-35(29-16-12-9-13-17-29)26-30(27-36(37)41)28-14-10-8-11-15-28/h8-27H,1-7H3. The number of benzene rings is 5. The van der Waals surface area contributed by atoms with Crippen molar-refractivity contribution < 1.29 is 13.7 Å². The second-order valence-electron chi connectivity index (χ2n) is 13.9. The molecule has 6 rings (SSSR count). The molecule has 0 bridgehead atoms. The van der Waals surface area contributed by atoms with Crippen molar-refractivity contribution >= 4 is 42.9 Å². The number of hydrogen-bond acceptors (Lipinski definition) is 3. The van der Waals surface area contributed by atoms with Crippen molar-refractivity contribution in [2.24, 2.45) is 0 Å². The van der Waals surface area contributed by atoms with Gasteiger partial charge in [-0.2, -0.15) is 0 Å². The van der Waals surface area contributed by atoms with Crippen LogP contribution in [0.4, 0.5) is 21.5 Å². The molecule has 0 spiro atoms. The van der Waals surface area contributed by atoms with Crippen LogP contribution in [0.3, 0.4) is 0 Å². The van der Waals surface area contributed by atoms with Gasteiger partial charge in [-0.25, -0.2) is 4.39 Å². The Morgan fingerprint density at radius 2 is 1.09 bits per heavy atom. The highest BCUT2D eigenvalue weighted by molar-refractivity contribution is 6.88. The van der Waals surface area contributed by atoms with Crippen molar-refractivity contribution in [3.63, 3.8) is 0 Å². The van der Waals surface area contributed by atoms with E-state index < -0.39 is 26.4 Å². The van der Waals surface area contributed by atoms with E-state index in [9.17, 15) is 0 Å². The molecule has 3 nitrogen and oxygen atoms in total. The Kier molecular flexibility index (Phi) is 8.11. The minimum atomic E-state index is -1.54. The van der Waals surface area contributed by atoms with E-state index in [0.717, 1.165) is 39.1 Å². The smallest absolute Gasteiger partial charge is 0.399 e. The number of rotatable bonds is 7. The Morgan fingerprint density at radius 1 is 0.600 bits per heavy atom. The number of halogens is 1. The monoisotopic (exact) mass is 613 g/mol. The maximum atomic E-state index is 16.8. The molecule has 1 saturated heterocycles. The van der Waals surface area contributed by atoms with Gasteiger partial charge < -0.3 is 14.2 Å². The molecule has 0 amide bonds. The number of nitrogens with zero attached hydrogens (tertiary/aromatic N) is 1. The SMILES string of the molecule is CC1(C)OB(c2ccc(N(c3ccc([Si](C)(C)C)cc3)c3c(F)cc(-c4ccccc4)cc3-c3ccccc3)cc2)OC1(C)C. The first-order chi connectivity index (χ1) is 21.3. The van der Waals surface area contributed by atoms with Gasteiger partial charge in [0, 0.05) is 16.9 Å².